The van der Waals surface area contributed by atoms with Gasteiger partial charge in [-0.15, -0.1) is 0 Å². The molecule has 10 rings (SSSR count). The highest BCUT2D eigenvalue weighted by Crippen LogP contribution is 2.29. The second-order valence-electron chi connectivity index (χ2n) is 17.4. The van der Waals surface area contributed by atoms with Crippen molar-refractivity contribution in [2.24, 2.45) is 0 Å². The van der Waals surface area contributed by atoms with Crippen LogP contribution in [0, 0.1) is 11.3 Å². The van der Waals surface area contributed by atoms with Gasteiger partial charge >= 0.3 is 0 Å². The van der Waals surface area contributed by atoms with Crippen molar-refractivity contribution in [2.75, 3.05) is 33.4 Å². The average molecular weight is 943 g/mol. The summed E-state index contributed by atoms with van der Waals surface area (Å²) in [5.41, 5.74) is 11.5. The number of ether oxygens (including phenoxy) is 4. The summed E-state index contributed by atoms with van der Waals surface area (Å²) < 4.78 is 23.0. The molecular formula is C61H62N6O4. The van der Waals surface area contributed by atoms with Crippen LogP contribution in [-0.2, 0) is 32.5 Å². The number of aromatic nitrogens is 2. The third-order valence-corrected chi connectivity index (χ3v) is 12.3. The third kappa shape index (κ3) is 15.3. The van der Waals surface area contributed by atoms with Crippen LogP contribution in [0.25, 0.3) is 22.3 Å². The summed E-state index contributed by atoms with van der Waals surface area (Å²) >= 11 is 0. The summed E-state index contributed by atoms with van der Waals surface area (Å²) in [7, 11) is 1.69. The van der Waals surface area contributed by atoms with Crippen LogP contribution in [0.4, 0.5) is 0 Å². The lowest BCUT2D eigenvalue weighted by molar-refractivity contribution is 0.170. The molecule has 2 aliphatic rings. The molecule has 3 N–H and O–H groups in total. The summed E-state index contributed by atoms with van der Waals surface area (Å²) in [4.78, 5) is 8.43. The zero-order chi connectivity index (χ0) is 48.7. The second kappa shape index (κ2) is 26.8. The van der Waals surface area contributed by atoms with E-state index < -0.39 is 0 Å². The molecule has 0 saturated carbocycles. The Hall–Kier alpha value is -7.81. The Morgan fingerprint density at radius 2 is 1.14 bits per heavy atom. The third-order valence-electron chi connectivity index (χ3n) is 12.3. The van der Waals surface area contributed by atoms with Crippen LogP contribution in [-0.4, -0.2) is 55.5 Å². The molecule has 0 amide bonds. The van der Waals surface area contributed by atoms with Gasteiger partial charge in [-0.25, -0.2) is 0 Å². The van der Waals surface area contributed by atoms with Gasteiger partial charge in [0, 0.05) is 69.6 Å². The van der Waals surface area contributed by atoms with E-state index >= 15 is 0 Å². The van der Waals surface area contributed by atoms with Crippen molar-refractivity contribution in [3.05, 3.63) is 228 Å². The molecule has 0 saturated heterocycles. The molecule has 360 valence electrons. The van der Waals surface area contributed by atoms with Crippen molar-refractivity contribution in [2.45, 2.75) is 57.5 Å². The van der Waals surface area contributed by atoms with E-state index in [0.717, 1.165) is 92.3 Å². The zero-order valence-electron chi connectivity index (χ0n) is 40.4. The fraction of sp³-hybridized carbons (Fsp3) is 0.230. The van der Waals surface area contributed by atoms with E-state index in [1.165, 1.54) is 33.4 Å². The topological polar surface area (TPSA) is 123 Å². The number of hydrogen-bond donors (Lipinski definition) is 3. The Morgan fingerprint density at radius 1 is 0.549 bits per heavy atom. The second-order valence-corrected chi connectivity index (χ2v) is 17.4. The molecule has 0 bridgehead atoms. The SMILES string of the molecule is COc1ccc(-c2cccc(CNCC3CCc4ccccc4O3)c2)cc1.N#Cc1ccccc1OCCNCc1cncc(-c2ccccc2)c1.c1cncc(CNCC2CCc3ccccc3O2)c1. The maximum atomic E-state index is 9.04. The Kier molecular flexibility index (Phi) is 18.7. The molecule has 0 fully saturated rings. The maximum Gasteiger partial charge on any atom is 0.137 e. The smallest absolute Gasteiger partial charge is 0.137 e. The fourth-order valence-corrected chi connectivity index (χ4v) is 8.47. The Balaban J connectivity index is 0.000000145. The molecule has 2 aliphatic heterocycles. The molecule has 10 nitrogen and oxygen atoms in total. The largest absolute Gasteiger partial charge is 0.497 e. The number of pyridine rings is 2. The van der Waals surface area contributed by atoms with Gasteiger partial charge in [0.1, 0.15) is 47.9 Å². The van der Waals surface area contributed by atoms with E-state index in [2.05, 4.69) is 129 Å². The van der Waals surface area contributed by atoms with Gasteiger partial charge in [-0.05, 0) is 125 Å². The van der Waals surface area contributed by atoms with Gasteiger partial charge in [0.25, 0.3) is 0 Å². The zero-order valence-corrected chi connectivity index (χ0v) is 40.4. The van der Waals surface area contributed by atoms with Crippen LogP contribution >= 0.6 is 0 Å². The first-order valence-corrected chi connectivity index (χ1v) is 24.4. The lowest BCUT2D eigenvalue weighted by Gasteiger charge is -2.26. The van der Waals surface area contributed by atoms with Crippen LogP contribution in [0.5, 0.6) is 23.0 Å². The van der Waals surface area contributed by atoms with Crippen LogP contribution in [0.15, 0.2) is 195 Å². The molecule has 6 aromatic carbocycles. The molecule has 0 spiro atoms. The van der Waals surface area contributed by atoms with E-state index in [1.807, 2.05) is 85.3 Å². The molecule has 71 heavy (non-hydrogen) atoms. The quantitative estimate of drug-likeness (QED) is 0.0761. The van der Waals surface area contributed by atoms with Gasteiger partial charge in [0.05, 0.1) is 12.7 Å². The highest BCUT2D eigenvalue weighted by molar-refractivity contribution is 5.65. The first kappa shape index (κ1) is 49.6. The number of aryl methyl sites for hydroxylation is 2. The Bertz CT molecular complexity index is 2890. The average Bonchev–Trinajstić information content (AvgIpc) is 3.44. The summed E-state index contributed by atoms with van der Waals surface area (Å²) in [5.74, 6) is 3.59. The van der Waals surface area contributed by atoms with Crippen molar-refractivity contribution in [3.8, 4) is 51.3 Å². The number of fused-ring (bicyclic) bond motifs is 2. The van der Waals surface area contributed by atoms with E-state index in [0.29, 0.717) is 24.5 Å². The summed E-state index contributed by atoms with van der Waals surface area (Å²) in [5, 5.41) is 19.4. The minimum absolute atomic E-state index is 0.240. The highest BCUT2D eigenvalue weighted by Gasteiger charge is 2.20. The van der Waals surface area contributed by atoms with Gasteiger partial charge in [-0.1, -0.05) is 115 Å². The van der Waals surface area contributed by atoms with Crippen molar-refractivity contribution >= 4 is 0 Å². The van der Waals surface area contributed by atoms with E-state index in [1.54, 1.807) is 19.4 Å². The molecule has 2 atom stereocenters. The number of rotatable bonds is 17. The minimum Gasteiger partial charge on any atom is -0.497 e. The van der Waals surface area contributed by atoms with Gasteiger partial charge in [-0.3, -0.25) is 9.97 Å². The van der Waals surface area contributed by atoms with E-state index in [9.17, 15) is 0 Å². The molecule has 10 heteroatoms. The summed E-state index contributed by atoms with van der Waals surface area (Å²) in [6.07, 6.45) is 12.3. The van der Waals surface area contributed by atoms with Crippen LogP contribution in [0.2, 0.25) is 0 Å². The first-order chi connectivity index (χ1) is 35.1. The Morgan fingerprint density at radius 3 is 1.83 bits per heavy atom. The number of nitrogens with one attached hydrogen (secondary N) is 3. The van der Waals surface area contributed by atoms with Crippen molar-refractivity contribution in [1.29, 1.82) is 5.26 Å². The summed E-state index contributed by atoms with van der Waals surface area (Å²) in [6, 6.07) is 59.3. The molecular weight excluding hydrogens is 881 g/mol. The van der Waals surface area contributed by atoms with Gasteiger partial charge in [-0.2, -0.15) is 5.26 Å². The first-order valence-electron chi connectivity index (χ1n) is 24.4. The summed E-state index contributed by atoms with van der Waals surface area (Å²) in [6.45, 7) is 5.34. The lowest BCUT2D eigenvalue weighted by Crippen LogP contribution is -2.33. The van der Waals surface area contributed by atoms with Crippen LogP contribution < -0.4 is 34.9 Å². The van der Waals surface area contributed by atoms with Crippen LogP contribution in [0.1, 0.15) is 46.2 Å². The van der Waals surface area contributed by atoms with Crippen molar-refractivity contribution in [3.63, 3.8) is 0 Å². The fourth-order valence-electron chi connectivity index (χ4n) is 8.47. The standard InChI is InChI=1S/C24H25NO2.C21H19N3O.C16H18N2O/c1-26-22-12-9-19(10-13-22)21-7-4-5-18(15-21)16-25-17-23-14-11-20-6-2-3-8-24(20)27-23;22-13-19-8-4-5-9-21(19)25-11-10-23-14-17-12-20(16-24-15-17)18-6-2-1-3-7-18;1-2-6-16-14(5-1)7-8-15(19-16)12-18-11-13-4-3-9-17-10-13/h2-10,12-13,15,23,25H,11,14,16-17H2,1H3;1-9,12,15-16,23H,10-11,14H2;1-6,9-10,15,18H,7-8,11-12H2. The van der Waals surface area contributed by atoms with Crippen LogP contribution in [0.3, 0.4) is 0 Å². The van der Waals surface area contributed by atoms with Crippen molar-refractivity contribution in [1.82, 2.24) is 25.9 Å². The van der Waals surface area contributed by atoms with Gasteiger partial charge < -0.3 is 34.9 Å². The monoisotopic (exact) mass is 942 g/mol. The molecule has 2 unspecified atom stereocenters. The molecule has 4 heterocycles. The number of methoxy groups -OCH3 is 1. The number of nitriles is 1. The molecule has 0 radical (unpaired) electrons. The van der Waals surface area contributed by atoms with Gasteiger partial charge in [0.2, 0.25) is 0 Å². The van der Waals surface area contributed by atoms with E-state index in [-0.39, 0.29) is 12.2 Å². The highest BCUT2D eigenvalue weighted by atomic mass is 16.5. The van der Waals surface area contributed by atoms with E-state index in [4.69, 9.17) is 24.2 Å². The maximum absolute atomic E-state index is 9.04. The number of benzene rings is 6. The number of nitrogens with zero attached hydrogens (tertiary/aromatic N) is 3. The van der Waals surface area contributed by atoms with Gasteiger partial charge in [0.15, 0.2) is 0 Å². The number of para-hydroxylation sites is 3. The Labute approximate surface area is 418 Å². The normalized spacial score (nSPS) is 14.3. The predicted molar refractivity (Wildman–Crippen MR) is 282 cm³/mol. The number of hydrogen-bond acceptors (Lipinski definition) is 10. The predicted octanol–water partition coefficient (Wildman–Crippen LogP) is 11.2. The minimum atomic E-state index is 0.240. The molecule has 0 aliphatic carbocycles. The van der Waals surface area contributed by atoms with Crippen molar-refractivity contribution < 1.29 is 18.9 Å². The molecule has 2 aromatic heterocycles. The molecule has 8 aromatic rings. The lowest BCUT2D eigenvalue weighted by atomic mass is 10.0.